The number of nitrogens with zero attached hydrogens (tertiary/aromatic N) is 5. The molecule has 3 heterocycles. The number of methoxy groups -OCH3 is 1. The van der Waals surface area contributed by atoms with Crippen molar-refractivity contribution in [2.45, 2.75) is 12.8 Å². The average Bonchev–Trinajstić information content (AvgIpc) is 3.39. The van der Waals surface area contributed by atoms with Crippen molar-refractivity contribution in [3.8, 4) is 28.4 Å². The molecule has 2 aliphatic rings. The minimum absolute atomic E-state index is 0.0215. The predicted molar refractivity (Wildman–Crippen MR) is 160 cm³/mol. The first-order valence-corrected chi connectivity index (χ1v) is 13.9. The second kappa shape index (κ2) is 11.0. The first kappa shape index (κ1) is 27.6. The minimum Gasteiger partial charge on any atom is -0.504 e. The lowest BCUT2D eigenvalue weighted by Crippen LogP contribution is -2.44. The van der Waals surface area contributed by atoms with Crippen molar-refractivity contribution in [3.63, 3.8) is 0 Å². The maximum Gasteiger partial charge on any atom is 0.275 e. The Bertz CT molecular complexity index is 1710. The van der Waals surface area contributed by atoms with Crippen LogP contribution in [-0.2, 0) is 12.8 Å². The van der Waals surface area contributed by atoms with E-state index in [1.165, 1.54) is 13.2 Å². The zero-order valence-corrected chi connectivity index (χ0v) is 24.0. The highest BCUT2D eigenvalue weighted by molar-refractivity contribution is 6.34. The molecule has 1 saturated heterocycles. The second-order valence-electron chi connectivity index (χ2n) is 10.4. The number of likely N-dealkylation sites (N-methyl/N-ethyl adjacent to an activating group) is 1. The number of aromatic hydroxyl groups is 1. The summed E-state index contributed by atoms with van der Waals surface area (Å²) in [6.45, 7) is 3.45. The van der Waals surface area contributed by atoms with E-state index in [4.69, 9.17) is 22.1 Å². The lowest BCUT2D eigenvalue weighted by atomic mass is 9.88. The van der Waals surface area contributed by atoms with E-state index in [2.05, 4.69) is 32.2 Å². The molecule has 42 heavy (non-hydrogen) atoms. The van der Waals surface area contributed by atoms with Gasteiger partial charge in [-0.25, -0.2) is 9.67 Å². The van der Waals surface area contributed by atoms with Crippen molar-refractivity contribution in [1.82, 2.24) is 19.7 Å². The quantitative estimate of drug-likeness (QED) is 0.311. The van der Waals surface area contributed by atoms with E-state index in [9.17, 15) is 14.7 Å². The van der Waals surface area contributed by atoms with Gasteiger partial charge in [-0.15, -0.1) is 0 Å². The van der Waals surface area contributed by atoms with E-state index in [-0.39, 0.29) is 27.9 Å². The molecule has 1 fully saturated rings. The van der Waals surface area contributed by atoms with Gasteiger partial charge in [0.2, 0.25) is 0 Å². The van der Waals surface area contributed by atoms with Gasteiger partial charge in [-0.3, -0.25) is 9.59 Å². The van der Waals surface area contributed by atoms with E-state index in [0.29, 0.717) is 35.7 Å². The van der Waals surface area contributed by atoms with Crippen LogP contribution in [0.1, 0.15) is 32.1 Å². The number of anilines is 2. The van der Waals surface area contributed by atoms with Crippen LogP contribution in [0.3, 0.4) is 0 Å². The number of nitrogens with one attached hydrogen (secondary N) is 1. The number of phenols is 1. The molecule has 4 aromatic rings. The summed E-state index contributed by atoms with van der Waals surface area (Å²) >= 11 is 6.43. The molecular weight excluding hydrogens is 558 g/mol. The fourth-order valence-electron chi connectivity index (χ4n) is 5.49. The molecule has 6 rings (SSSR count). The Balaban J connectivity index is 1.36. The molecule has 216 valence electrons. The van der Waals surface area contributed by atoms with Crippen LogP contribution in [0.2, 0.25) is 5.02 Å². The molecule has 0 atom stereocenters. The SMILES string of the molecule is COc1cc(-n2nc(C(N)=O)c3c2-c2cc(NC(=O)c4nc(N5CCN(C)CC5)ccc4Cl)ccc2CC3)ccc1O. The molecule has 2 aromatic carbocycles. The summed E-state index contributed by atoms with van der Waals surface area (Å²) in [6.07, 6.45) is 1.24. The van der Waals surface area contributed by atoms with Crippen LogP contribution in [0.15, 0.2) is 48.5 Å². The number of halogens is 1. The molecule has 1 aliphatic heterocycles. The van der Waals surface area contributed by atoms with Crippen LogP contribution in [0.25, 0.3) is 16.9 Å². The number of ether oxygens (including phenoxy) is 1. The maximum atomic E-state index is 13.4. The van der Waals surface area contributed by atoms with Gasteiger partial charge >= 0.3 is 0 Å². The predicted octanol–water partition coefficient (Wildman–Crippen LogP) is 3.50. The first-order valence-electron chi connectivity index (χ1n) is 13.6. The number of pyridine rings is 1. The summed E-state index contributed by atoms with van der Waals surface area (Å²) < 4.78 is 6.91. The molecule has 0 spiro atoms. The number of phenolic OH excluding ortho intramolecular Hbond substituents is 1. The van der Waals surface area contributed by atoms with Gasteiger partial charge in [0, 0.05) is 49.1 Å². The second-order valence-corrected chi connectivity index (χ2v) is 10.8. The number of nitrogens with two attached hydrogens (primary N) is 1. The summed E-state index contributed by atoms with van der Waals surface area (Å²) in [7, 11) is 3.54. The number of amides is 2. The molecule has 4 N–H and O–H groups in total. The van der Waals surface area contributed by atoms with Crippen LogP contribution < -0.4 is 20.7 Å². The highest BCUT2D eigenvalue weighted by Crippen LogP contribution is 2.39. The van der Waals surface area contributed by atoms with E-state index in [0.717, 1.165) is 42.9 Å². The smallest absolute Gasteiger partial charge is 0.275 e. The van der Waals surface area contributed by atoms with Gasteiger partial charge in [0.05, 0.1) is 23.5 Å². The Morgan fingerprint density at radius 1 is 1.02 bits per heavy atom. The number of hydrogen-bond acceptors (Lipinski definition) is 8. The lowest BCUT2D eigenvalue weighted by molar-refractivity contribution is 0.0991. The molecule has 0 saturated carbocycles. The van der Waals surface area contributed by atoms with Crippen molar-refractivity contribution in [2.24, 2.45) is 5.73 Å². The molecule has 0 radical (unpaired) electrons. The highest BCUT2D eigenvalue weighted by atomic mass is 35.5. The van der Waals surface area contributed by atoms with Crippen molar-refractivity contribution >= 4 is 34.9 Å². The topological polar surface area (TPSA) is 139 Å². The number of aromatic nitrogens is 3. The van der Waals surface area contributed by atoms with Gasteiger partial charge in [-0.2, -0.15) is 5.10 Å². The minimum atomic E-state index is -0.635. The van der Waals surface area contributed by atoms with Gasteiger partial charge in [0.15, 0.2) is 17.2 Å². The molecule has 2 amide bonds. The standard InChI is InChI=1S/C30H30ClN7O4/c1-36-11-13-37(14-12-36)25-10-8-22(31)27(34-25)30(41)33-18-5-3-17-4-7-20-26(29(32)40)35-38(28(20)21(17)15-18)19-6-9-23(39)24(16-19)42-2/h3,5-6,8-10,15-16,39H,4,7,11-14H2,1-2H3,(H2,32,40)(H,33,41). The summed E-state index contributed by atoms with van der Waals surface area (Å²) in [6, 6.07) is 14.0. The van der Waals surface area contributed by atoms with Crippen LogP contribution in [0, 0.1) is 0 Å². The summed E-state index contributed by atoms with van der Waals surface area (Å²) in [4.78, 5) is 34.8. The van der Waals surface area contributed by atoms with E-state index in [1.54, 1.807) is 22.9 Å². The van der Waals surface area contributed by atoms with Crippen molar-refractivity contribution < 1.29 is 19.4 Å². The van der Waals surface area contributed by atoms with Crippen molar-refractivity contribution in [1.29, 1.82) is 0 Å². The molecule has 0 unspecified atom stereocenters. The number of fused-ring (bicyclic) bond motifs is 3. The third-order valence-electron chi connectivity index (χ3n) is 7.77. The number of aryl methyl sites for hydroxylation is 1. The molecule has 2 aromatic heterocycles. The third-order valence-corrected chi connectivity index (χ3v) is 8.07. The third kappa shape index (κ3) is 5.01. The summed E-state index contributed by atoms with van der Waals surface area (Å²) in [5, 5.41) is 17.9. The number of primary amides is 1. The first-order chi connectivity index (χ1) is 20.2. The maximum absolute atomic E-state index is 13.4. The van der Waals surface area contributed by atoms with Gasteiger partial charge in [-0.1, -0.05) is 17.7 Å². The Labute approximate surface area is 247 Å². The Hall–Kier alpha value is -4.61. The molecular formula is C30H30ClN7O4. The van der Waals surface area contributed by atoms with Crippen LogP contribution >= 0.6 is 11.6 Å². The number of rotatable bonds is 6. The normalized spacial score (nSPS) is 14.7. The molecule has 11 nitrogen and oxygen atoms in total. The average molecular weight is 588 g/mol. The van der Waals surface area contributed by atoms with Crippen LogP contribution in [-0.4, -0.2) is 76.9 Å². The fourth-order valence-corrected chi connectivity index (χ4v) is 5.68. The fraction of sp³-hybridized carbons (Fsp3) is 0.267. The Kier molecular flexibility index (Phi) is 7.21. The van der Waals surface area contributed by atoms with E-state index < -0.39 is 11.8 Å². The van der Waals surface area contributed by atoms with Gasteiger partial charge < -0.3 is 30.7 Å². The van der Waals surface area contributed by atoms with Crippen LogP contribution in [0.5, 0.6) is 11.5 Å². The number of hydrogen-bond donors (Lipinski definition) is 3. The monoisotopic (exact) mass is 587 g/mol. The van der Waals surface area contributed by atoms with E-state index in [1.807, 2.05) is 24.3 Å². The number of carbonyl (C=O) groups is 2. The lowest BCUT2D eigenvalue weighted by Gasteiger charge is -2.33. The molecule has 0 bridgehead atoms. The number of carbonyl (C=O) groups excluding carboxylic acids is 2. The zero-order valence-electron chi connectivity index (χ0n) is 23.2. The van der Waals surface area contributed by atoms with Crippen molar-refractivity contribution in [3.05, 3.63) is 76.1 Å². The number of benzene rings is 2. The Morgan fingerprint density at radius 2 is 1.81 bits per heavy atom. The van der Waals surface area contributed by atoms with Crippen molar-refractivity contribution in [2.75, 3.05) is 50.6 Å². The van der Waals surface area contributed by atoms with Gasteiger partial charge in [-0.05, 0) is 61.9 Å². The van der Waals surface area contributed by atoms with E-state index >= 15 is 0 Å². The van der Waals surface area contributed by atoms with Gasteiger partial charge in [0.1, 0.15) is 11.5 Å². The molecule has 1 aliphatic carbocycles. The van der Waals surface area contributed by atoms with Gasteiger partial charge in [0.25, 0.3) is 11.8 Å². The summed E-state index contributed by atoms with van der Waals surface area (Å²) in [5.74, 6) is -0.115. The zero-order chi connectivity index (χ0) is 29.5. The Morgan fingerprint density at radius 3 is 2.55 bits per heavy atom. The largest absolute Gasteiger partial charge is 0.504 e. The van der Waals surface area contributed by atoms with Crippen LogP contribution in [0.4, 0.5) is 11.5 Å². The molecule has 12 heteroatoms. The summed E-state index contributed by atoms with van der Waals surface area (Å²) in [5.41, 5.74) is 10.4. The number of piperazine rings is 1. The highest BCUT2D eigenvalue weighted by Gasteiger charge is 2.29.